The maximum absolute atomic E-state index is 13.2. The highest BCUT2D eigenvalue weighted by Gasteiger charge is 2.73. The van der Waals surface area contributed by atoms with Crippen LogP contribution in [0.25, 0.3) is 0 Å². The molecule has 8 aliphatic rings. The number of hydrogen-bond acceptors (Lipinski definition) is 9. The Morgan fingerprint density at radius 3 is 1.95 bits per heavy atom. The second kappa shape index (κ2) is 13.9. The van der Waals surface area contributed by atoms with Crippen molar-refractivity contribution in [1.82, 2.24) is 9.80 Å². The largest absolute Gasteiger partial charge is 0.550 e. The van der Waals surface area contributed by atoms with Crippen molar-refractivity contribution in [3.63, 3.8) is 0 Å². The number of hydrogen-bond donors (Lipinski definition) is 2. The first-order chi connectivity index (χ1) is 27.5. The van der Waals surface area contributed by atoms with Gasteiger partial charge in [0.25, 0.3) is 23.6 Å². The summed E-state index contributed by atoms with van der Waals surface area (Å²) in [6, 6.07) is 22.7. The Bertz CT molecular complexity index is 2150. The van der Waals surface area contributed by atoms with Gasteiger partial charge in [0.1, 0.15) is 6.04 Å². The molecule has 2 bridgehead atoms. The number of amides is 5. The number of nitrogens with zero attached hydrogens (tertiary/aromatic N) is 3. The van der Waals surface area contributed by atoms with Crippen molar-refractivity contribution in [1.29, 1.82) is 0 Å². The number of anilines is 1. The Kier molecular flexibility index (Phi) is 8.93. The number of ether oxygens (including phenoxy) is 1. The summed E-state index contributed by atoms with van der Waals surface area (Å²) in [6.45, 7) is 2.92. The first-order valence-corrected chi connectivity index (χ1v) is 19.4. The molecule has 57 heavy (non-hydrogen) atoms. The van der Waals surface area contributed by atoms with Crippen molar-refractivity contribution < 1.29 is 53.4 Å². The molecule has 7 atom stereocenters. The normalized spacial score (nSPS) is 29.0. The lowest BCUT2D eigenvalue weighted by atomic mass is 9.53. The van der Waals surface area contributed by atoms with Crippen LogP contribution in [0, 0.1) is 11.8 Å². The van der Waals surface area contributed by atoms with Gasteiger partial charge >= 0.3 is 5.97 Å². The standard InChI is InChI=1S/C21H22N2O2.2C11H9NO4/c24-18-10-16-19-13-9-17-21(6-7-22(17)11-12(13)5-8-25-16)14-3-1-2-4-15(14)23(18)20(19)21;2*13-9(14)5-6-12-10(15)7-3-1-2-4-8(7)11(12)16/h1-5,13,16-17,19-20H,6-11H2;2*1-4H,5-6H2,(H,13,14)/t13-,16-,17-,19-,20-,21+;;/m0../s1. The molecule has 2 N–H and O–H groups in total. The lowest BCUT2D eigenvalue weighted by Crippen LogP contribution is -3.16. The van der Waals surface area contributed by atoms with Gasteiger partial charge in [-0.3, -0.25) is 38.6 Å². The number of benzene rings is 3. The summed E-state index contributed by atoms with van der Waals surface area (Å²) in [5.74, 6) is -2.63. The van der Waals surface area contributed by atoms with Crippen LogP contribution in [-0.2, 0) is 24.5 Å². The topological polar surface area (TPSA) is 186 Å². The quantitative estimate of drug-likeness (QED) is 0.269. The molecule has 292 valence electrons. The highest BCUT2D eigenvalue weighted by atomic mass is 16.5. The number of piperidine rings is 2. The fourth-order valence-electron chi connectivity index (χ4n) is 11.0. The van der Waals surface area contributed by atoms with E-state index in [2.05, 4.69) is 35.2 Å². The van der Waals surface area contributed by atoms with E-state index in [0.717, 1.165) is 9.80 Å². The average molecular weight is 773 g/mol. The predicted molar refractivity (Wildman–Crippen MR) is 198 cm³/mol. The highest BCUT2D eigenvalue weighted by molar-refractivity contribution is 6.22. The summed E-state index contributed by atoms with van der Waals surface area (Å²) < 4.78 is 6.26. The third-order valence-corrected chi connectivity index (χ3v) is 13.2. The minimum atomic E-state index is -1.28. The number of carbonyl (C=O) groups excluding carboxylic acids is 6. The van der Waals surface area contributed by atoms with Gasteiger partial charge in [-0.2, -0.15) is 0 Å². The Morgan fingerprint density at radius 2 is 1.37 bits per heavy atom. The number of carbonyl (C=O) groups is 7. The van der Waals surface area contributed by atoms with Crippen LogP contribution < -0.4 is 14.9 Å². The Hall–Kier alpha value is -5.99. The van der Waals surface area contributed by atoms with E-state index in [1.54, 1.807) is 59.0 Å². The SMILES string of the molecule is O=C(O)CCN1C(=O)c2ccccc2C1=O.O=C([O-])CCN1C(=O)c2ccccc2C1=O.O=C1C[C@@H]2OCC=C3C[NH+]4CC[C@]56c7ccccc7N1[C@H]5[C@H]2[C@H]3C[C@H]46. The van der Waals surface area contributed by atoms with Crippen LogP contribution in [-0.4, -0.2) is 107 Å². The molecule has 3 aromatic rings. The van der Waals surface area contributed by atoms with E-state index in [4.69, 9.17) is 9.84 Å². The number of aliphatic carboxylic acids is 2. The van der Waals surface area contributed by atoms with Crippen LogP contribution >= 0.6 is 0 Å². The summed E-state index contributed by atoms with van der Waals surface area (Å²) in [7, 11) is 0. The second-order valence-electron chi connectivity index (χ2n) is 15.8. The van der Waals surface area contributed by atoms with Crippen LogP contribution in [0.4, 0.5) is 5.69 Å². The molecule has 11 rings (SSSR count). The molecule has 3 saturated heterocycles. The van der Waals surface area contributed by atoms with Gasteiger partial charge in [0, 0.05) is 49.9 Å². The van der Waals surface area contributed by atoms with Crippen molar-refractivity contribution in [3.8, 4) is 0 Å². The molecule has 7 aliphatic heterocycles. The van der Waals surface area contributed by atoms with Crippen LogP contribution in [0.1, 0.15) is 79.1 Å². The lowest BCUT2D eigenvalue weighted by Gasteiger charge is -2.56. The van der Waals surface area contributed by atoms with Gasteiger partial charge in [-0.1, -0.05) is 48.5 Å². The van der Waals surface area contributed by atoms with Gasteiger partial charge in [0.15, 0.2) is 0 Å². The molecule has 1 unspecified atom stereocenters. The zero-order valence-corrected chi connectivity index (χ0v) is 30.9. The number of rotatable bonds is 6. The summed E-state index contributed by atoms with van der Waals surface area (Å²) in [5, 5.41) is 18.8. The average Bonchev–Trinajstić information content (AvgIpc) is 3.85. The molecule has 4 fully saturated rings. The molecule has 1 spiro atoms. The number of nitrogens with one attached hydrogen (secondary N) is 1. The van der Waals surface area contributed by atoms with Gasteiger partial charge in [-0.25, -0.2) is 0 Å². The van der Waals surface area contributed by atoms with Crippen molar-refractivity contribution in [2.45, 2.75) is 55.7 Å². The molecular weight excluding hydrogens is 732 g/mol. The minimum absolute atomic E-state index is 0.0817. The molecule has 0 aromatic heterocycles. The molecule has 3 aromatic carbocycles. The van der Waals surface area contributed by atoms with E-state index in [-0.39, 0.29) is 43.4 Å². The number of quaternary nitrogens is 1. The zero-order chi connectivity index (χ0) is 39.7. The molecule has 0 radical (unpaired) electrons. The smallest absolute Gasteiger partial charge is 0.305 e. The van der Waals surface area contributed by atoms with Gasteiger partial charge in [-0.15, -0.1) is 0 Å². The third kappa shape index (κ3) is 5.64. The minimum Gasteiger partial charge on any atom is -0.550 e. The highest BCUT2D eigenvalue weighted by Crippen LogP contribution is 2.62. The molecular formula is C43H40N4O10. The fraction of sp³-hybridized carbons (Fsp3) is 0.372. The predicted octanol–water partition coefficient (Wildman–Crippen LogP) is 0.855. The van der Waals surface area contributed by atoms with Gasteiger partial charge in [0.2, 0.25) is 5.91 Å². The first-order valence-electron chi connectivity index (χ1n) is 19.4. The number of fused-ring (bicyclic) bond motifs is 4. The summed E-state index contributed by atoms with van der Waals surface area (Å²) in [5.41, 5.74) is 5.80. The van der Waals surface area contributed by atoms with Crippen LogP contribution in [0.5, 0.6) is 0 Å². The maximum Gasteiger partial charge on any atom is 0.305 e. The summed E-state index contributed by atoms with van der Waals surface area (Å²) in [4.78, 5) is 86.6. The first kappa shape index (κ1) is 36.6. The van der Waals surface area contributed by atoms with Crippen LogP contribution in [0.3, 0.4) is 0 Å². The van der Waals surface area contributed by atoms with E-state index in [9.17, 15) is 38.7 Å². The van der Waals surface area contributed by atoms with Crippen LogP contribution in [0.15, 0.2) is 84.4 Å². The Morgan fingerprint density at radius 1 is 0.807 bits per heavy atom. The van der Waals surface area contributed by atoms with Crippen molar-refractivity contribution in [2.24, 2.45) is 11.8 Å². The fourth-order valence-corrected chi connectivity index (χ4v) is 11.0. The van der Waals surface area contributed by atoms with E-state index in [1.165, 1.54) is 37.2 Å². The summed E-state index contributed by atoms with van der Waals surface area (Å²) >= 11 is 0. The van der Waals surface area contributed by atoms with Crippen LogP contribution in [0.2, 0.25) is 0 Å². The maximum atomic E-state index is 13.2. The Labute approximate surface area is 327 Å². The molecule has 14 heteroatoms. The second-order valence-corrected chi connectivity index (χ2v) is 15.8. The monoisotopic (exact) mass is 772 g/mol. The number of carboxylic acids is 2. The molecule has 5 amide bonds. The van der Waals surface area contributed by atoms with E-state index in [0.29, 0.717) is 59.2 Å². The lowest BCUT2D eigenvalue weighted by molar-refractivity contribution is -0.916. The zero-order valence-electron chi connectivity index (χ0n) is 30.9. The van der Waals surface area contributed by atoms with E-state index in [1.807, 2.05) is 0 Å². The van der Waals surface area contributed by atoms with Crippen molar-refractivity contribution in [2.75, 3.05) is 37.7 Å². The van der Waals surface area contributed by atoms with Gasteiger partial charge < -0.3 is 29.5 Å². The molecule has 7 heterocycles. The summed E-state index contributed by atoms with van der Waals surface area (Å²) in [6.07, 6.45) is 4.97. The number of para-hydroxylation sites is 1. The molecule has 1 saturated carbocycles. The van der Waals surface area contributed by atoms with E-state index >= 15 is 0 Å². The third-order valence-electron chi connectivity index (χ3n) is 13.2. The van der Waals surface area contributed by atoms with Crippen molar-refractivity contribution in [3.05, 3.63) is 112 Å². The van der Waals surface area contributed by atoms with Crippen molar-refractivity contribution >= 4 is 47.2 Å². The Balaban J connectivity index is 0.000000117. The van der Waals surface area contributed by atoms with E-state index < -0.39 is 35.6 Å². The number of carboxylic acid groups (broad SMARTS) is 2. The van der Waals surface area contributed by atoms with Gasteiger partial charge in [-0.05, 0) is 47.4 Å². The molecule has 14 nitrogen and oxygen atoms in total. The van der Waals surface area contributed by atoms with Gasteiger partial charge in [0.05, 0.1) is 72.4 Å². The number of imide groups is 2. The molecule has 1 aliphatic carbocycles.